The molecule has 0 atom stereocenters. The number of para-hydroxylation sites is 1. The van der Waals surface area contributed by atoms with Crippen molar-refractivity contribution >= 4 is 11.8 Å². The summed E-state index contributed by atoms with van der Waals surface area (Å²) >= 11 is 1.32. The molecule has 25 heavy (non-hydrogen) atoms. The fraction of sp³-hybridized carbons (Fsp3) is 0.176. The molecule has 2 aromatic carbocycles. The number of aromatic nitrogens is 2. The Morgan fingerprint density at radius 1 is 0.960 bits per heavy atom. The zero-order chi connectivity index (χ0) is 17.7. The lowest BCUT2D eigenvalue weighted by Crippen LogP contribution is -2.03. The molecule has 0 spiro atoms. The topological polar surface area (TPSA) is 48.2 Å². The van der Waals surface area contributed by atoms with Gasteiger partial charge in [-0.1, -0.05) is 30.0 Å². The second-order valence-corrected chi connectivity index (χ2v) is 6.00. The number of thioether (sulfide) groups is 1. The molecular weight excluding hydrogens is 353 g/mol. The average molecular weight is 366 g/mol. The van der Waals surface area contributed by atoms with Crippen molar-refractivity contribution in [3.05, 3.63) is 60.2 Å². The molecule has 0 N–H and O–H groups in total. The number of rotatable bonds is 6. The summed E-state index contributed by atoms with van der Waals surface area (Å²) in [4.78, 5) is 0. The summed E-state index contributed by atoms with van der Waals surface area (Å²) in [6.45, 7) is 0.465. The van der Waals surface area contributed by atoms with E-state index in [2.05, 4.69) is 10.2 Å². The van der Waals surface area contributed by atoms with Crippen molar-refractivity contribution in [2.24, 2.45) is 0 Å². The highest BCUT2D eigenvalue weighted by Gasteiger charge is 2.30. The third-order valence-electron chi connectivity index (χ3n) is 3.19. The van der Waals surface area contributed by atoms with E-state index in [1.54, 1.807) is 0 Å². The molecule has 3 aromatic rings. The quantitative estimate of drug-likeness (QED) is 0.457. The van der Waals surface area contributed by atoms with Crippen LogP contribution in [-0.2, 0) is 6.18 Å². The Kier molecular flexibility index (Phi) is 5.28. The predicted octanol–water partition coefficient (Wildman–Crippen LogP) is 4.93. The fourth-order valence-electron chi connectivity index (χ4n) is 1.99. The maximum Gasteiger partial charge on any atom is 0.416 e. The minimum Gasteiger partial charge on any atom is -0.493 e. The summed E-state index contributed by atoms with van der Waals surface area (Å²) < 4.78 is 48.7. The van der Waals surface area contributed by atoms with E-state index in [1.165, 1.54) is 23.9 Å². The third kappa shape index (κ3) is 4.76. The number of nitrogens with zero attached hydrogens (tertiary/aromatic N) is 2. The van der Waals surface area contributed by atoms with Crippen LogP contribution >= 0.6 is 11.8 Å². The van der Waals surface area contributed by atoms with Crippen molar-refractivity contribution in [3.63, 3.8) is 0 Å². The zero-order valence-electron chi connectivity index (χ0n) is 12.9. The lowest BCUT2D eigenvalue weighted by Gasteiger charge is -2.05. The highest BCUT2D eigenvalue weighted by Crippen LogP contribution is 2.31. The van der Waals surface area contributed by atoms with Gasteiger partial charge in [-0.05, 0) is 36.4 Å². The summed E-state index contributed by atoms with van der Waals surface area (Å²) in [7, 11) is 0. The number of ether oxygens (including phenoxy) is 1. The van der Waals surface area contributed by atoms with Crippen LogP contribution in [0.2, 0.25) is 0 Å². The number of hydrogen-bond acceptors (Lipinski definition) is 5. The molecule has 8 heteroatoms. The van der Waals surface area contributed by atoms with Gasteiger partial charge in [-0.15, -0.1) is 10.2 Å². The molecular formula is C17H13F3N2O2S. The van der Waals surface area contributed by atoms with Crippen LogP contribution in [0.15, 0.2) is 64.2 Å². The molecule has 0 saturated carbocycles. The summed E-state index contributed by atoms with van der Waals surface area (Å²) in [6.07, 6.45) is -4.37. The Balaban J connectivity index is 1.53. The first-order valence-corrected chi connectivity index (χ1v) is 8.33. The molecule has 0 aliphatic rings. The number of alkyl halides is 3. The Hall–Kier alpha value is -2.48. The minimum atomic E-state index is -4.37. The second kappa shape index (κ2) is 7.60. The van der Waals surface area contributed by atoms with Crippen LogP contribution in [0.4, 0.5) is 13.2 Å². The monoisotopic (exact) mass is 366 g/mol. The minimum absolute atomic E-state index is 0.181. The molecule has 0 aliphatic carbocycles. The summed E-state index contributed by atoms with van der Waals surface area (Å²) in [5.41, 5.74) is -0.281. The zero-order valence-corrected chi connectivity index (χ0v) is 13.7. The average Bonchev–Trinajstić information content (AvgIpc) is 3.08. The van der Waals surface area contributed by atoms with E-state index in [1.807, 2.05) is 30.3 Å². The highest BCUT2D eigenvalue weighted by atomic mass is 32.2. The van der Waals surface area contributed by atoms with Crippen LogP contribution in [0.25, 0.3) is 11.5 Å². The number of hydrogen-bond donors (Lipinski definition) is 0. The first-order valence-electron chi connectivity index (χ1n) is 7.34. The van der Waals surface area contributed by atoms with Gasteiger partial charge in [0.1, 0.15) is 5.75 Å². The molecule has 0 fully saturated rings. The van der Waals surface area contributed by atoms with Gasteiger partial charge >= 0.3 is 6.18 Å². The van der Waals surface area contributed by atoms with E-state index in [0.29, 0.717) is 23.1 Å². The van der Waals surface area contributed by atoms with Gasteiger partial charge in [0, 0.05) is 11.3 Å². The molecule has 0 unspecified atom stereocenters. The number of halogens is 3. The second-order valence-electron chi connectivity index (χ2n) is 4.96. The van der Waals surface area contributed by atoms with E-state index < -0.39 is 11.7 Å². The van der Waals surface area contributed by atoms with Crippen LogP contribution in [-0.4, -0.2) is 22.6 Å². The van der Waals surface area contributed by atoms with E-state index in [-0.39, 0.29) is 5.89 Å². The van der Waals surface area contributed by atoms with Crippen molar-refractivity contribution in [1.29, 1.82) is 0 Å². The van der Waals surface area contributed by atoms with E-state index >= 15 is 0 Å². The van der Waals surface area contributed by atoms with Gasteiger partial charge in [-0.3, -0.25) is 0 Å². The number of benzene rings is 2. The van der Waals surface area contributed by atoms with E-state index in [9.17, 15) is 13.2 Å². The van der Waals surface area contributed by atoms with Crippen LogP contribution in [0, 0.1) is 0 Å². The summed E-state index contributed by atoms with van der Waals surface area (Å²) in [5, 5.41) is 8.07. The smallest absolute Gasteiger partial charge is 0.416 e. The molecule has 0 radical (unpaired) electrons. The normalized spacial score (nSPS) is 11.5. The molecule has 0 aliphatic heterocycles. The largest absolute Gasteiger partial charge is 0.493 e. The van der Waals surface area contributed by atoms with Gasteiger partial charge in [-0.2, -0.15) is 13.2 Å². The van der Waals surface area contributed by atoms with Crippen LogP contribution in [0.3, 0.4) is 0 Å². The molecule has 1 aromatic heterocycles. The lowest BCUT2D eigenvalue weighted by atomic mass is 10.1. The molecule has 0 amide bonds. The highest BCUT2D eigenvalue weighted by molar-refractivity contribution is 7.99. The van der Waals surface area contributed by atoms with Gasteiger partial charge in [0.15, 0.2) is 0 Å². The Morgan fingerprint density at radius 3 is 2.36 bits per heavy atom. The Morgan fingerprint density at radius 2 is 1.68 bits per heavy atom. The Bertz CT molecular complexity index is 805. The van der Waals surface area contributed by atoms with E-state index in [0.717, 1.165) is 17.9 Å². The molecule has 1 heterocycles. The van der Waals surface area contributed by atoms with Gasteiger partial charge in [0.05, 0.1) is 12.2 Å². The summed E-state index contributed by atoms with van der Waals surface area (Å²) in [6, 6.07) is 14.0. The molecule has 0 saturated heterocycles. The first-order chi connectivity index (χ1) is 12.0. The molecule has 0 bridgehead atoms. The maximum atomic E-state index is 12.6. The fourth-order valence-corrected chi connectivity index (χ4v) is 2.57. The predicted molar refractivity (Wildman–Crippen MR) is 87.4 cm³/mol. The van der Waals surface area contributed by atoms with Crippen LogP contribution in [0.1, 0.15) is 5.56 Å². The first kappa shape index (κ1) is 17.3. The maximum absolute atomic E-state index is 12.6. The van der Waals surface area contributed by atoms with Crippen LogP contribution < -0.4 is 4.74 Å². The lowest BCUT2D eigenvalue weighted by molar-refractivity contribution is -0.137. The van der Waals surface area contributed by atoms with Crippen molar-refractivity contribution in [1.82, 2.24) is 10.2 Å². The van der Waals surface area contributed by atoms with Gasteiger partial charge in [0.2, 0.25) is 5.89 Å². The van der Waals surface area contributed by atoms with Crippen molar-refractivity contribution in [2.45, 2.75) is 11.4 Å². The van der Waals surface area contributed by atoms with Crippen molar-refractivity contribution in [3.8, 4) is 17.2 Å². The molecule has 130 valence electrons. The van der Waals surface area contributed by atoms with E-state index in [4.69, 9.17) is 9.15 Å². The molecule has 3 rings (SSSR count). The van der Waals surface area contributed by atoms with Gasteiger partial charge < -0.3 is 9.15 Å². The van der Waals surface area contributed by atoms with Gasteiger partial charge in [-0.25, -0.2) is 0 Å². The van der Waals surface area contributed by atoms with Gasteiger partial charge in [0.25, 0.3) is 5.22 Å². The third-order valence-corrected chi connectivity index (χ3v) is 3.97. The molecule has 4 nitrogen and oxygen atoms in total. The van der Waals surface area contributed by atoms with Crippen molar-refractivity contribution < 1.29 is 22.3 Å². The SMILES string of the molecule is FC(F)(F)c1ccc(-c2nnc(SCCOc3ccccc3)o2)cc1. The summed E-state index contributed by atoms with van der Waals surface area (Å²) in [5.74, 6) is 1.56. The van der Waals surface area contributed by atoms with Crippen LogP contribution in [0.5, 0.6) is 5.75 Å². The standard InChI is InChI=1S/C17H13F3N2O2S/c18-17(19,20)13-8-6-12(7-9-13)15-21-22-16(24-15)25-11-10-23-14-4-2-1-3-5-14/h1-9H,10-11H2. The van der Waals surface area contributed by atoms with Crippen molar-refractivity contribution in [2.75, 3.05) is 12.4 Å². The Labute approximate surface area is 146 Å².